The maximum Gasteiger partial charge on any atom is 0.255 e. The Balaban J connectivity index is 1.62. The topological polar surface area (TPSA) is 67.4 Å². The van der Waals surface area contributed by atoms with Crippen molar-refractivity contribution in [1.82, 2.24) is 0 Å². The molecule has 0 aromatic heterocycles. The van der Waals surface area contributed by atoms with Gasteiger partial charge in [0.05, 0.1) is 7.11 Å². The van der Waals surface area contributed by atoms with Gasteiger partial charge in [0.25, 0.3) is 5.91 Å². The number of benzene rings is 3. The van der Waals surface area contributed by atoms with E-state index in [4.69, 9.17) is 4.74 Å². The van der Waals surface area contributed by atoms with E-state index in [1.807, 2.05) is 36.4 Å². The lowest BCUT2D eigenvalue weighted by molar-refractivity contribution is 0.101. The molecule has 0 heterocycles. The number of Topliss-reactive ketones (excluding diaryl/α,β-unsaturated/α-hetero) is 1. The van der Waals surface area contributed by atoms with Crippen LogP contribution in [-0.2, 0) is 0 Å². The fourth-order valence-electron chi connectivity index (χ4n) is 2.54. The number of anilines is 3. The van der Waals surface area contributed by atoms with Crippen LogP contribution in [0, 0.1) is 0 Å². The van der Waals surface area contributed by atoms with E-state index in [1.54, 1.807) is 50.4 Å². The van der Waals surface area contributed by atoms with Crippen LogP contribution in [0.15, 0.2) is 72.8 Å². The van der Waals surface area contributed by atoms with E-state index in [0.717, 1.165) is 11.4 Å². The van der Waals surface area contributed by atoms with Gasteiger partial charge in [-0.25, -0.2) is 0 Å². The zero-order valence-electron chi connectivity index (χ0n) is 15.2. The molecule has 3 aromatic carbocycles. The molecule has 3 rings (SSSR count). The van der Waals surface area contributed by atoms with Crippen molar-refractivity contribution in [3.05, 3.63) is 83.9 Å². The van der Waals surface area contributed by atoms with Gasteiger partial charge in [-0.1, -0.05) is 0 Å². The first kappa shape index (κ1) is 18.2. The van der Waals surface area contributed by atoms with Gasteiger partial charge in [-0.2, -0.15) is 0 Å². The third-order valence-electron chi connectivity index (χ3n) is 4.08. The first-order valence-electron chi connectivity index (χ1n) is 8.48. The van der Waals surface area contributed by atoms with E-state index in [-0.39, 0.29) is 11.7 Å². The summed E-state index contributed by atoms with van der Waals surface area (Å²) in [5, 5.41) is 6.12. The standard InChI is InChI=1S/C22H20N2O3/c1-15(25)16-3-7-18(8-4-16)23-19-9-11-20(12-10-19)24-22(26)17-5-13-21(27-2)14-6-17/h3-14,23H,1-2H3,(H,24,26). The molecule has 0 radical (unpaired) electrons. The van der Waals surface area contributed by atoms with Gasteiger partial charge in [0.15, 0.2) is 5.78 Å². The number of nitrogens with one attached hydrogen (secondary N) is 2. The molecule has 5 nitrogen and oxygen atoms in total. The molecule has 0 unspecified atom stereocenters. The van der Waals surface area contributed by atoms with Gasteiger partial charge in [-0.05, 0) is 79.7 Å². The van der Waals surface area contributed by atoms with Crippen molar-refractivity contribution in [2.45, 2.75) is 6.92 Å². The first-order chi connectivity index (χ1) is 13.0. The lowest BCUT2D eigenvalue weighted by Gasteiger charge is -2.09. The summed E-state index contributed by atoms with van der Waals surface area (Å²) < 4.78 is 5.09. The van der Waals surface area contributed by atoms with Gasteiger partial charge in [-0.3, -0.25) is 9.59 Å². The summed E-state index contributed by atoms with van der Waals surface area (Å²) in [6, 6.07) is 21.6. The molecule has 136 valence electrons. The predicted molar refractivity (Wildman–Crippen MR) is 107 cm³/mol. The Morgan fingerprint density at radius 3 is 1.70 bits per heavy atom. The van der Waals surface area contributed by atoms with Gasteiger partial charge in [0.1, 0.15) is 5.75 Å². The van der Waals surface area contributed by atoms with Crippen molar-refractivity contribution in [2.24, 2.45) is 0 Å². The van der Waals surface area contributed by atoms with Crippen LogP contribution < -0.4 is 15.4 Å². The summed E-state index contributed by atoms with van der Waals surface area (Å²) in [4.78, 5) is 23.6. The summed E-state index contributed by atoms with van der Waals surface area (Å²) in [5.41, 5.74) is 3.71. The second-order valence-electron chi connectivity index (χ2n) is 6.02. The molecule has 0 bridgehead atoms. The number of carbonyl (C=O) groups is 2. The molecule has 0 aliphatic heterocycles. The SMILES string of the molecule is COc1ccc(C(=O)Nc2ccc(Nc3ccc(C(C)=O)cc3)cc2)cc1. The average Bonchev–Trinajstić information content (AvgIpc) is 2.70. The molecule has 3 aromatic rings. The van der Waals surface area contributed by atoms with Crippen molar-refractivity contribution >= 4 is 28.8 Å². The normalized spacial score (nSPS) is 10.1. The zero-order valence-corrected chi connectivity index (χ0v) is 15.2. The smallest absolute Gasteiger partial charge is 0.255 e. The summed E-state index contributed by atoms with van der Waals surface area (Å²) in [5.74, 6) is 0.565. The minimum absolute atomic E-state index is 0.0403. The largest absolute Gasteiger partial charge is 0.497 e. The van der Waals surface area contributed by atoms with E-state index in [2.05, 4.69) is 10.6 Å². The first-order valence-corrected chi connectivity index (χ1v) is 8.48. The number of ether oxygens (including phenoxy) is 1. The van der Waals surface area contributed by atoms with Crippen molar-refractivity contribution in [3.8, 4) is 5.75 Å². The number of amides is 1. The number of methoxy groups -OCH3 is 1. The van der Waals surface area contributed by atoms with Gasteiger partial charge in [0, 0.05) is 28.2 Å². The summed E-state index contributed by atoms with van der Waals surface area (Å²) >= 11 is 0. The molecular weight excluding hydrogens is 340 g/mol. The Hall–Kier alpha value is -3.60. The number of hydrogen-bond acceptors (Lipinski definition) is 4. The fourth-order valence-corrected chi connectivity index (χ4v) is 2.54. The van der Waals surface area contributed by atoms with Crippen molar-refractivity contribution in [3.63, 3.8) is 0 Å². The Morgan fingerprint density at radius 1 is 0.704 bits per heavy atom. The second-order valence-corrected chi connectivity index (χ2v) is 6.02. The minimum Gasteiger partial charge on any atom is -0.497 e. The third kappa shape index (κ3) is 4.73. The molecule has 0 saturated carbocycles. The number of rotatable bonds is 6. The molecule has 27 heavy (non-hydrogen) atoms. The van der Waals surface area contributed by atoms with Crippen molar-refractivity contribution in [2.75, 3.05) is 17.7 Å². The monoisotopic (exact) mass is 360 g/mol. The van der Waals surface area contributed by atoms with E-state index in [9.17, 15) is 9.59 Å². The summed E-state index contributed by atoms with van der Waals surface area (Å²) in [6.45, 7) is 1.54. The van der Waals surface area contributed by atoms with Gasteiger partial charge < -0.3 is 15.4 Å². The number of ketones is 1. The second kappa shape index (κ2) is 8.19. The Morgan fingerprint density at radius 2 is 1.19 bits per heavy atom. The van der Waals surface area contributed by atoms with E-state index in [0.29, 0.717) is 22.6 Å². The van der Waals surface area contributed by atoms with Crippen LogP contribution in [0.4, 0.5) is 17.1 Å². The minimum atomic E-state index is -0.182. The molecule has 5 heteroatoms. The summed E-state index contributed by atoms with van der Waals surface area (Å²) in [7, 11) is 1.59. The number of carbonyl (C=O) groups excluding carboxylic acids is 2. The molecule has 0 atom stereocenters. The van der Waals surface area contributed by atoms with Crippen LogP contribution in [0.5, 0.6) is 5.75 Å². The molecule has 2 N–H and O–H groups in total. The van der Waals surface area contributed by atoms with Crippen molar-refractivity contribution in [1.29, 1.82) is 0 Å². The molecule has 1 amide bonds. The lowest BCUT2D eigenvalue weighted by Crippen LogP contribution is -2.11. The highest BCUT2D eigenvalue weighted by molar-refractivity contribution is 6.04. The van der Waals surface area contributed by atoms with Crippen molar-refractivity contribution < 1.29 is 14.3 Å². The maximum absolute atomic E-state index is 12.3. The fraction of sp³-hybridized carbons (Fsp3) is 0.0909. The predicted octanol–water partition coefficient (Wildman–Crippen LogP) is 4.89. The molecular formula is C22H20N2O3. The van der Waals surface area contributed by atoms with Crippen LogP contribution in [0.25, 0.3) is 0 Å². The van der Waals surface area contributed by atoms with Crippen LogP contribution in [-0.4, -0.2) is 18.8 Å². The highest BCUT2D eigenvalue weighted by Crippen LogP contribution is 2.20. The number of hydrogen-bond donors (Lipinski definition) is 2. The molecule has 0 saturated heterocycles. The average molecular weight is 360 g/mol. The Labute approximate surface area is 158 Å². The molecule has 0 fully saturated rings. The van der Waals surface area contributed by atoms with Crippen LogP contribution in [0.3, 0.4) is 0 Å². The van der Waals surface area contributed by atoms with Crippen LogP contribution >= 0.6 is 0 Å². The molecule has 0 aliphatic carbocycles. The van der Waals surface area contributed by atoms with E-state index in [1.165, 1.54) is 0 Å². The van der Waals surface area contributed by atoms with E-state index < -0.39 is 0 Å². The van der Waals surface area contributed by atoms with Gasteiger partial charge in [0.2, 0.25) is 0 Å². The van der Waals surface area contributed by atoms with Crippen LogP contribution in [0.1, 0.15) is 27.6 Å². The Bertz CT molecular complexity index is 931. The van der Waals surface area contributed by atoms with Crippen LogP contribution in [0.2, 0.25) is 0 Å². The highest BCUT2D eigenvalue weighted by atomic mass is 16.5. The zero-order chi connectivity index (χ0) is 19.2. The molecule has 0 spiro atoms. The van der Waals surface area contributed by atoms with E-state index >= 15 is 0 Å². The summed E-state index contributed by atoms with van der Waals surface area (Å²) in [6.07, 6.45) is 0. The quantitative estimate of drug-likeness (QED) is 0.614. The third-order valence-corrected chi connectivity index (χ3v) is 4.08. The van der Waals surface area contributed by atoms with Gasteiger partial charge in [-0.15, -0.1) is 0 Å². The Kier molecular flexibility index (Phi) is 5.52. The molecule has 0 aliphatic rings. The highest BCUT2D eigenvalue weighted by Gasteiger charge is 2.06. The van der Waals surface area contributed by atoms with Gasteiger partial charge >= 0.3 is 0 Å². The maximum atomic E-state index is 12.3. The lowest BCUT2D eigenvalue weighted by atomic mass is 10.1.